The molecule has 0 unspecified atom stereocenters. The van der Waals surface area contributed by atoms with Gasteiger partial charge in [-0.25, -0.2) is 9.97 Å². The molecule has 20 heavy (non-hydrogen) atoms. The van der Waals surface area contributed by atoms with Crippen LogP contribution in [0.4, 0.5) is 0 Å². The van der Waals surface area contributed by atoms with Gasteiger partial charge in [-0.15, -0.1) is 0 Å². The van der Waals surface area contributed by atoms with Crippen molar-refractivity contribution in [2.45, 2.75) is 26.3 Å². The second-order valence-electron chi connectivity index (χ2n) is 4.48. The number of halogens is 1. The zero-order chi connectivity index (χ0) is 14.5. The molecule has 0 saturated carbocycles. The van der Waals surface area contributed by atoms with Crippen LogP contribution in [0.3, 0.4) is 0 Å². The van der Waals surface area contributed by atoms with Crippen molar-refractivity contribution in [3.63, 3.8) is 0 Å². The average Bonchev–Trinajstić information content (AvgIpc) is 2.46. The normalized spacial score (nSPS) is 10.6. The van der Waals surface area contributed by atoms with Gasteiger partial charge in [0.2, 0.25) is 0 Å². The standard InChI is InChI=1S/C13H14ClN5O/c1-8(2)12-15-7-10(14)11(18-12)13(20)16-6-9-4-3-5-17-19-9/h3-5,7-8H,6H2,1-2H3,(H,16,20). The number of hydrogen-bond acceptors (Lipinski definition) is 5. The highest BCUT2D eigenvalue weighted by molar-refractivity contribution is 6.33. The first kappa shape index (κ1) is 14.3. The molecule has 0 radical (unpaired) electrons. The van der Waals surface area contributed by atoms with Gasteiger partial charge in [0, 0.05) is 12.1 Å². The van der Waals surface area contributed by atoms with E-state index < -0.39 is 0 Å². The largest absolute Gasteiger partial charge is 0.345 e. The molecule has 2 rings (SSSR count). The quantitative estimate of drug-likeness (QED) is 0.931. The summed E-state index contributed by atoms with van der Waals surface area (Å²) in [5.41, 5.74) is 0.837. The Labute approximate surface area is 121 Å². The summed E-state index contributed by atoms with van der Waals surface area (Å²) in [6.45, 7) is 4.17. The summed E-state index contributed by atoms with van der Waals surface area (Å²) in [6.07, 6.45) is 3.02. The second kappa shape index (κ2) is 6.38. The lowest BCUT2D eigenvalue weighted by Crippen LogP contribution is -2.25. The molecular weight excluding hydrogens is 278 g/mol. The summed E-state index contributed by atoms with van der Waals surface area (Å²) in [4.78, 5) is 20.4. The van der Waals surface area contributed by atoms with E-state index in [1.165, 1.54) is 6.20 Å². The van der Waals surface area contributed by atoms with Crippen LogP contribution in [-0.4, -0.2) is 26.1 Å². The van der Waals surface area contributed by atoms with Crippen molar-refractivity contribution >= 4 is 17.5 Å². The van der Waals surface area contributed by atoms with Crippen LogP contribution in [0.25, 0.3) is 0 Å². The number of aromatic nitrogens is 4. The molecule has 2 aromatic rings. The van der Waals surface area contributed by atoms with E-state index in [1.54, 1.807) is 18.3 Å². The van der Waals surface area contributed by atoms with Crippen molar-refractivity contribution in [1.82, 2.24) is 25.5 Å². The summed E-state index contributed by atoms with van der Waals surface area (Å²) in [5, 5.41) is 10.6. The van der Waals surface area contributed by atoms with Crippen LogP contribution < -0.4 is 5.32 Å². The third-order valence-electron chi connectivity index (χ3n) is 2.55. The number of hydrogen-bond donors (Lipinski definition) is 1. The van der Waals surface area contributed by atoms with Crippen LogP contribution in [0, 0.1) is 0 Å². The molecular formula is C13H14ClN5O. The van der Waals surface area contributed by atoms with Gasteiger partial charge in [-0.2, -0.15) is 10.2 Å². The van der Waals surface area contributed by atoms with E-state index in [1.807, 2.05) is 13.8 Å². The van der Waals surface area contributed by atoms with Crippen LogP contribution in [0.5, 0.6) is 0 Å². The molecule has 0 aliphatic carbocycles. The van der Waals surface area contributed by atoms with E-state index in [4.69, 9.17) is 11.6 Å². The molecule has 0 saturated heterocycles. The van der Waals surface area contributed by atoms with E-state index in [-0.39, 0.29) is 29.1 Å². The van der Waals surface area contributed by atoms with Gasteiger partial charge < -0.3 is 5.32 Å². The van der Waals surface area contributed by atoms with Gasteiger partial charge >= 0.3 is 0 Å². The predicted molar refractivity (Wildman–Crippen MR) is 74.3 cm³/mol. The Hall–Kier alpha value is -2.08. The Kier molecular flexibility index (Phi) is 4.57. The number of carbonyl (C=O) groups excluding carboxylic acids is 1. The van der Waals surface area contributed by atoms with Gasteiger partial charge in [-0.1, -0.05) is 25.4 Å². The van der Waals surface area contributed by atoms with Crippen LogP contribution in [0.1, 0.15) is 41.8 Å². The van der Waals surface area contributed by atoms with Crippen LogP contribution in [-0.2, 0) is 6.54 Å². The molecule has 6 nitrogen and oxygen atoms in total. The number of carbonyl (C=O) groups is 1. The monoisotopic (exact) mass is 291 g/mol. The third kappa shape index (κ3) is 3.48. The number of amides is 1. The van der Waals surface area contributed by atoms with Crippen molar-refractivity contribution < 1.29 is 4.79 Å². The lowest BCUT2D eigenvalue weighted by atomic mass is 10.2. The third-order valence-corrected chi connectivity index (χ3v) is 2.83. The molecule has 0 spiro atoms. The highest BCUT2D eigenvalue weighted by Crippen LogP contribution is 2.16. The van der Waals surface area contributed by atoms with Crippen molar-refractivity contribution in [3.8, 4) is 0 Å². The first-order valence-electron chi connectivity index (χ1n) is 6.15. The Morgan fingerprint density at radius 1 is 1.45 bits per heavy atom. The fraction of sp³-hybridized carbons (Fsp3) is 0.308. The maximum Gasteiger partial charge on any atom is 0.271 e. The molecule has 104 valence electrons. The maximum atomic E-state index is 12.1. The van der Waals surface area contributed by atoms with Crippen LogP contribution >= 0.6 is 11.6 Å². The summed E-state index contributed by atoms with van der Waals surface area (Å²) >= 11 is 5.96. The Morgan fingerprint density at radius 2 is 2.25 bits per heavy atom. The first-order chi connectivity index (χ1) is 9.58. The minimum atomic E-state index is -0.357. The summed E-state index contributed by atoms with van der Waals surface area (Å²) in [6, 6.07) is 3.53. The van der Waals surface area contributed by atoms with Gasteiger partial charge in [-0.05, 0) is 12.1 Å². The lowest BCUT2D eigenvalue weighted by Gasteiger charge is -2.08. The molecule has 0 aliphatic heterocycles. The molecule has 2 heterocycles. The number of nitrogens with one attached hydrogen (secondary N) is 1. The van der Waals surface area contributed by atoms with Gasteiger partial charge in [0.05, 0.1) is 23.5 Å². The van der Waals surface area contributed by atoms with Crippen LogP contribution in [0.15, 0.2) is 24.5 Å². The molecule has 0 aliphatic rings. The first-order valence-corrected chi connectivity index (χ1v) is 6.53. The van der Waals surface area contributed by atoms with Gasteiger partial charge in [0.1, 0.15) is 11.5 Å². The average molecular weight is 292 g/mol. The van der Waals surface area contributed by atoms with Gasteiger partial charge in [-0.3, -0.25) is 4.79 Å². The van der Waals surface area contributed by atoms with Crippen molar-refractivity contribution in [2.24, 2.45) is 0 Å². The fourth-order valence-corrected chi connectivity index (χ4v) is 1.68. The van der Waals surface area contributed by atoms with Crippen LogP contribution in [0.2, 0.25) is 5.02 Å². The Balaban J connectivity index is 2.11. The van der Waals surface area contributed by atoms with E-state index in [9.17, 15) is 4.79 Å². The van der Waals surface area contributed by atoms with Crippen molar-refractivity contribution in [2.75, 3.05) is 0 Å². The molecule has 0 atom stereocenters. The number of rotatable bonds is 4. The van der Waals surface area contributed by atoms with Gasteiger partial charge in [0.15, 0.2) is 0 Å². The number of nitrogens with zero attached hydrogens (tertiary/aromatic N) is 4. The van der Waals surface area contributed by atoms with Crippen molar-refractivity contribution in [3.05, 3.63) is 46.8 Å². The zero-order valence-corrected chi connectivity index (χ0v) is 11.9. The molecule has 1 N–H and O–H groups in total. The lowest BCUT2D eigenvalue weighted by molar-refractivity contribution is 0.0945. The van der Waals surface area contributed by atoms with E-state index >= 15 is 0 Å². The van der Waals surface area contributed by atoms with Gasteiger partial charge in [0.25, 0.3) is 5.91 Å². The van der Waals surface area contributed by atoms with E-state index in [0.29, 0.717) is 11.5 Å². The SMILES string of the molecule is CC(C)c1ncc(Cl)c(C(=O)NCc2cccnn2)n1. The topological polar surface area (TPSA) is 80.7 Å². The Bertz CT molecular complexity index is 603. The highest BCUT2D eigenvalue weighted by atomic mass is 35.5. The minimum absolute atomic E-state index is 0.124. The molecule has 2 aromatic heterocycles. The molecule has 1 amide bonds. The molecule has 0 fully saturated rings. The van der Waals surface area contributed by atoms with E-state index in [0.717, 1.165) is 0 Å². The summed E-state index contributed by atoms with van der Waals surface area (Å²) in [5.74, 6) is 0.350. The molecule has 7 heteroatoms. The zero-order valence-electron chi connectivity index (χ0n) is 11.2. The maximum absolute atomic E-state index is 12.1. The smallest absolute Gasteiger partial charge is 0.271 e. The predicted octanol–water partition coefficient (Wildman–Crippen LogP) is 1.97. The Morgan fingerprint density at radius 3 is 2.90 bits per heavy atom. The molecule has 0 bridgehead atoms. The highest BCUT2D eigenvalue weighted by Gasteiger charge is 2.15. The minimum Gasteiger partial charge on any atom is -0.345 e. The second-order valence-corrected chi connectivity index (χ2v) is 4.88. The van der Waals surface area contributed by atoms with E-state index in [2.05, 4.69) is 25.5 Å². The summed E-state index contributed by atoms with van der Waals surface area (Å²) < 4.78 is 0. The molecule has 0 aromatic carbocycles. The summed E-state index contributed by atoms with van der Waals surface area (Å²) in [7, 11) is 0. The van der Waals surface area contributed by atoms with Crippen molar-refractivity contribution in [1.29, 1.82) is 0 Å². The fourth-order valence-electron chi connectivity index (χ4n) is 1.50.